The highest BCUT2D eigenvalue weighted by atomic mass is 35.5. The first kappa shape index (κ1) is 13.0. The predicted molar refractivity (Wildman–Crippen MR) is 85.9 cm³/mol. The van der Waals surface area contributed by atoms with Crippen molar-refractivity contribution in [2.24, 2.45) is 0 Å². The lowest BCUT2D eigenvalue weighted by Gasteiger charge is -2.12. The average Bonchev–Trinajstić information content (AvgIpc) is 2.46. The lowest BCUT2D eigenvalue weighted by atomic mass is 10.1. The number of nitrogens with one attached hydrogen (secondary N) is 1. The van der Waals surface area contributed by atoms with E-state index in [2.05, 4.69) is 10.3 Å². The first-order valence-electron chi connectivity index (χ1n) is 6.00. The number of hydrogen-bond acceptors (Lipinski definition) is 3. The molecular formula is C15H11Cl2N3. The SMILES string of the molecule is Nc1cnc2ccccc2c1Nc1ccc(Cl)c(Cl)c1. The van der Waals surface area contributed by atoms with Crippen LogP contribution in [0.25, 0.3) is 10.9 Å². The maximum absolute atomic E-state index is 6.02. The van der Waals surface area contributed by atoms with E-state index < -0.39 is 0 Å². The zero-order valence-electron chi connectivity index (χ0n) is 10.4. The molecule has 20 heavy (non-hydrogen) atoms. The van der Waals surface area contributed by atoms with E-state index in [4.69, 9.17) is 28.9 Å². The van der Waals surface area contributed by atoms with Crippen LogP contribution in [0.15, 0.2) is 48.7 Å². The van der Waals surface area contributed by atoms with Crippen LogP contribution in [0.1, 0.15) is 0 Å². The Labute approximate surface area is 126 Å². The van der Waals surface area contributed by atoms with Gasteiger partial charge in [-0.05, 0) is 24.3 Å². The van der Waals surface area contributed by atoms with Gasteiger partial charge >= 0.3 is 0 Å². The third-order valence-corrected chi connectivity index (χ3v) is 3.73. The lowest BCUT2D eigenvalue weighted by molar-refractivity contribution is 1.40. The van der Waals surface area contributed by atoms with Crippen molar-refractivity contribution in [1.29, 1.82) is 0 Å². The summed E-state index contributed by atoms with van der Waals surface area (Å²) in [5.74, 6) is 0. The van der Waals surface area contributed by atoms with Crippen molar-refractivity contribution in [2.75, 3.05) is 11.1 Å². The molecule has 100 valence electrons. The molecule has 0 radical (unpaired) electrons. The van der Waals surface area contributed by atoms with Crippen molar-refractivity contribution < 1.29 is 0 Å². The van der Waals surface area contributed by atoms with Crippen LogP contribution in [0.3, 0.4) is 0 Å². The molecule has 0 amide bonds. The largest absolute Gasteiger partial charge is 0.396 e. The second-order valence-electron chi connectivity index (χ2n) is 4.36. The Morgan fingerprint density at radius 2 is 1.80 bits per heavy atom. The molecule has 0 atom stereocenters. The van der Waals surface area contributed by atoms with E-state index in [0.717, 1.165) is 22.3 Å². The molecule has 0 spiro atoms. The minimum Gasteiger partial charge on any atom is -0.396 e. The van der Waals surface area contributed by atoms with Crippen LogP contribution >= 0.6 is 23.2 Å². The average molecular weight is 304 g/mol. The van der Waals surface area contributed by atoms with E-state index in [1.807, 2.05) is 30.3 Å². The standard InChI is InChI=1S/C15H11Cl2N3/c16-11-6-5-9(7-12(11)17)20-15-10-3-1-2-4-14(10)19-8-13(15)18/h1-8H,18H2,(H,19,20). The smallest absolute Gasteiger partial charge is 0.0746 e. The number of pyridine rings is 1. The van der Waals surface area contributed by atoms with E-state index in [1.165, 1.54) is 0 Å². The Bertz CT molecular complexity index is 787. The van der Waals surface area contributed by atoms with Crippen LogP contribution in [-0.4, -0.2) is 4.98 Å². The summed E-state index contributed by atoms with van der Waals surface area (Å²) in [6.07, 6.45) is 1.64. The fraction of sp³-hybridized carbons (Fsp3) is 0. The van der Waals surface area contributed by atoms with Gasteiger partial charge in [-0.1, -0.05) is 41.4 Å². The van der Waals surface area contributed by atoms with Crippen LogP contribution in [0, 0.1) is 0 Å². The molecule has 2 aromatic carbocycles. The van der Waals surface area contributed by atoms with Gasteiger partial charge in [0.1, 0.15) is 0 Å². The van der Waals surface area contributed by atoms with Crippen LogP contribution in [0.2, 0.25) is 10.0 Å². The fourth-order valence-corrected chi connectivity index (χ4v) is 2.31. The summed E-state index contributed by atoms with van der Waals surface area (Å²) in [5, 5.41) is 5.24. The van der Waals surface area contributed by atoms with Gasteiger partial charge in [0, 0.05) is 11.1 Å². The summed E-state index contributed by atoms with van der Waals surface area (Å²) >= 11 is 11.9. The summed E-state index contributed by atoms with van der Waals surface area (Å²) in [6.45, 7) is 0. The van der Waals surface area contributed by atoms with E-state index in [0.29, 0.717) is 15.7 Å². The fourth-order valence-electron chi connectivity index (χ4n) is 2.01. The topological polar surface area (TPSA) is 50.9 Å². The van der Waals surface area contributed by atoms with E-state index in [-0.39, 0.29) is 0 Å². The number of para-hydroxylation sites is 1. The van der Waals surface area contributed by atoms with Gasteiger partial charge in [0.2, 0.25) is 0 Å². The third kappa shape index (κ3) is 2.38. The van der Waals surface area contributed by atoms with Gasteiger partial charge in [0.05, 0.1) is 33.1 Å². The molecule has 0 fully saturated rings. The number of nitrogen functional groups attached to an aromatic ring is 1. The Hall–Kier alpha value is -1.97. The van der Waals surface area contributed by atoms with Crippen LogP contribution in [0.5, 0.6) is 0 Å². The number of nitrogens with two attached hydrogens (primary N) is 1. The molecule has 0 saturated carbocycles. The number of fused-ring (bicyclic) bond motifs is 1. The highest BCUT2D eigenvalue weighted by Crippen LogP contribution is 2.32. The highest BCUT2D eigenvalue weighted by Gasteiger charge is 2.07. The van der Waals surface area contributed by atoms with Crippen LogP contribution in [0.4, 0.5) is 17.1 Å². The van der Waals surface area contributed by atoms with Crippen molar-refractivity contribution in [2.45, 2.75) is 0 Å². The van der Waals surface area contributed by atoms with E-state index in [9.17, 15) is 0 Å². The van der Waals surface area contributed by atoms with Crippen molar-refractivity contribution in [3.05, 3.63) is 58.7 Å². The Kier molecular flexibility index (Phi) is 3.38. The van der Waals surface area contributed by atoms with E-state index in [1.54, 1.807) is 18.3 Å². The van der Waals surface area contributed by atoms with Gasteiger partial charge in [-0.2, -0.15) is 0 Å². The Balaban J connectivity index is 2.10. The number of nitrogens with zero attached hydrogens (tertiary/aromatic N) is 1. The molecule has 0 saturated heterocycles. The van der Waals surface area contributed by atoms with Gasteiger partial charge < -0.3 is 11.1 Å². The zero-order chi connectivity index (χ0) is 14.1. The second-order valence-corrected chi connectivity index (χ2v) is 5.17. The van der Waals surface area contributed by atoms with Gasteiger partial charge in [-0.3, -0.25) is 4.98 Å². The lowest BCUT2D eigenvalue weighted by Crippen LogP contribution is -1.98. The number of hydrogen-bond donors (Lipinski definition) is 2. The molecule has 0 aliphatic carbocycles. The summed E-state index contributed by atoms with van der Waals surface area (Å²) in [4.78, 5) is 4.30. The molecule has 5 heteroatoms. The van der Waals surface area contributed by atoms with E-state index >= 15 is 0 Å². The first-order valence-corrected chi connectivity index (χ1v) is 6.76. The maximum Gasteiger partial charge on any atom is 0.0746 e. The van der Waals surface area contributed by atoms with Gasteiger partial charge in [-0.25, -0.2) is 0 Å². The summed E-state index contributed by atoms with van der Waals surface area (Å²) in [7, 11) is 0. The van der Waals surface area contributed by atoms with Crippen molar-refractivity contribution in [1.82, 2.24) is 4.98 Å². The van der Waals surface area contributed by atoms with Crippen LogP contribution < -0.4 is 11.1 Å². The third-order valence-electron chi connectivity index (χ3n) is 2.99. The number of anilines is 3. The number of rotatable bonds is 2. The molecule has 0 unspecified atom stereocenters. The summed E-state index contributed by atoms with van der Waals surface area (Å²) in [5.41, 5.74) is 9.11. The molecule has 3 aromatic rings. The molecule has 0 aliphatic rings. The van der Waals surface area contributed by atoms with Crippen molar-refractivity contribution in [3.63, 3.8) is 0 Å². The van der Waals surface area contributed by atoms with Crippen LogP contribution in [-0.2, 0) is 0 Å². The van der Waals surface area contributed by atoms with Gasteiger partial charge in [-0.15, -0.1) is 0 Å². The molecule has 1 heterocycles. The van der Waals surface area contributed by atoms with Crippen molar-refractivity contribution >= 4 is 51.2 Å². The minimum absolute atomic E-state index is 0.494. The maximum atomic E-state index is 6.02. The monoisotopic (exact) mass is 303 g/mol. The quantitative estimate of drug-likeness (QED) is 0.710. The normalized spacial score (nSPS) is 10.7. The van der Waals surface area contributed by atoms with Gasteiger partial charge in [0.25, 0.3) is 0 Å². The highest BCUT2D eigenvalue weighted by molar-refractivity contribution is 6.42. The first-order chi connectivity index (χ1) is 9.65. The number of aromatic nitrogens is 1. The van der Waals surface area contributed by atoms with Gasteiger partial charge in [0.15, 0.2) is 0 Å². The predicted octanol–water partition coefficient (Wildman–Crippen LogP) is 4.87. The zero-order valence-corrected chi connectivity index (χ0v) is 11.9. The summed E-state index contributed by atoms with van der Waals surface area (Å²) < 4.78 is 0. The molecule has 3 rings (SSSR count). The minimum atomic E-state index is 0.494. The molecular weight excluding hydrogens is 293 g/mol. The number of halogens is 2. The summed E-state index contributed by atoms with van der Waals surface area (Å²) in [6, 6.07) is 13.2. The van der Waals surface area contributed by atoms with Crippen molar-refractivity contribution in [3.8, 4) is 0 Å². The molecule has 0 aliphatic heterocycles. The molecule has 0 bridgehead atoms. The Morgan fingerprint density at radius 1 is 1.00 bits per heavy atom. The Morgan fingerprint density at radius 3 is 2.60 bits per heavy atom. The molecule has 3 N–H and O–H groups in total. The number of benzene rings is 2. The molecule has 3 nitrogen and oxygen atoms in total. The second kappa shape index (κ2) is 5.19. The molecule has 1 aromatic heterocycles.